The molecule has 0 saturated carbocycles. The number of halogens is 1. The first-order chi connectivity index (χ1) is 11.6. The Labute approximate surface area is 143 Å². The number of carbonyl (C=O) groups is 1. The van der Waals surface area contributed by atoms with Crippen molar-refractivity contribution in [2.24, 2.45) is 5.10 Å². The number of phenolic OH excluding ortho intramolecular Hbond substituents is 1. The predicted octanol–water partition coefficient (Wildman–Crippen LogP) is 3.60. The monoisotopic (exact) mass is 339 g/mol. The first-order valence-electron chi connectivity index (χ1n) is 7.19. The van der Waals surface area contributed by atoms with Gasteiger partial charge in [0.15, 0.2) is 0 Å². The van der Waals surface area contributed by atoms with Gasteiger partial charge in [0.1, 0.15) is 5.75 Å². The van der Waals surface area contributed by atoms with Gasteiger partial charge in [0.2, 0.25) is 0 Å². The minimum atomic E-state index is -0.314. The molecule has 120 valence electrons. The van der Waals surface area contributed by atoms with Crippen molar-refractivity contribution in [1.82, 2.24) is 9.99 Å². The van der Waals surface area contributed by atoms with Crippen LogP contribution in [0.1, 0.15) is 16.1 Å². The molecule has 1 amide bonds. The number of amides is 1. The number of carbonyl (C=O) groups excluding carboxylic acids is 1. The van der Waals surface area contributed by atoms with E-state index in [-0.39, 0.29) is 11.7 Å². The van der Waals surface area contributed by atoms with Gasteiger partial charge in [-0.05, 0) is 60.7 Å². The van der Waals surface area contributed by atoms with Gasteiger partial charge in [-0.25, -0.2) is 5.43 Å². The second kappa shape index (κ2) is 7.02. The van der Waals surface area contributed by atoms with Crippen LogP contribution in [0, 0.1) is 0 Å². The molecule has 1 heterocycles. The van der Waals surface area contributed by atoms with Gasteiger partial charge >= 0.3 is 0 Å². The smallest absolute Gasteiger partial charge is 0.271 e. The number of aromatic hydroxyl groups is 1. The molecule has 6 heteroatoms. The fourth-order valence-corrected chi connectivity index (χ4v) is 2.30. The molecular formula is C18H14ClN3O2. The topological polar surface area (TPSA) is 66.6 Å². The molecule has 0 aliphatic rings. The molecule has 0 spiro atoms. The molecule has 0 aliphatic carbocycles. The number of rotatable bonds is 4. The van der Waals surface area contributed by atoms with Crippen LogP contribution in [0.15, 0.2) is 72.0 Å². The SMILES string of the molecule is O=C(N/N=C\c1cccn1-c1ccc(O)cc1)c1ccc(Cl)cc1. The predicted molar refractivity (Wildman–Crippen MR) is 93.9 cm³/mol. The van der Waals surface area contributed by atoms with E-state index >= 15 is 0 Å². The number of hydrogen-bond acceptors (Lipinski definition) is 3. The zero-order valence-electron chi connectivity index (χ0n) is 12.6. The molecule has 0 unspecified atom stereocenters. The van der Waals surface area contributed by atoms with Crippen LogP contribution in [-0.2, 0) is 0 Å². The molecule has 3 rings (SSSR count). The number of nitrogens with zero attached hydrogens (tertiary/aromatic N) is 2. The van der Waals surface area contributed by atoms with Crippen LogP contribution < -0.4 is 5.43 Å². The zero-order chi connectivity index (χ0) is 16.9. The van der Waals surface area contributed by atoms with Gasteiger partial charge in [-0.3, -0.25) is 4.79 Å². The standard InChI is InChI=1S/C18H14ClN3O2/c19-14-5-3-13(4-6-14)18(24)21-20-12-16-2-1-11-22(16)15-7-9-17(23)10-8-15/h1-12,23H,(H,21,24)/b20-12-. The first-order valence-corrected chi connectivity index (χ1v) is 7.57. The fraction of sp³-hybridized carbons (Fsp3) is 0. The highest BCUT2D eigenvalue weighted by Crippen LogP contribution is 2.15. The summed E-state index contributed by atoms with van der Waals surface area (Å²) in [4.78, 5) is 12.0. The van der Waals surface area contributed by atoms with Gasteiger partial charge in [0, 0.05) is 22.5 Å². The van der Waals surface area contributed by atoms with Crippen LogP contribution in [0.4, 0.5) is 0 Å². The van der Waals surface area contributed by atoms with Gasteiger partial charge in [0.25, 0.3) is 5.91 Å². The van der Waals surface area contributed by atoms with Crippen LogP contribution >= 0.6 is 11.6 Å². The Morgan fingerprint density at radius 3 is 2.50 bits per heavy atom. The summed E-state index contributed by atoms with van der Waals surface area (Å²) >= 11 is 5.79. The van der Waals surface area contributed by atoms with Crippen molar-refractivity contribution in [2.45, 2.75) is 0 Å². The molecule has 5 nitrogen and oxygen atoms in total. The van der Waals surface area contributed by atoms with Crippen LogP contribution in [0.25, 0.3) is 5.69 Å². The highest BCUT2D eigenvalue weighted by atomic mass is 35.5. The molecule has 0 radical (unpaired) electrons. The average Bonchev–Trinajstić information content (AvgIpc) is 3.04. The molecule has 24 heavy (non-hydrogen) atoms. The Morgan fingerprint density at radius 2 is 1.79 bits per heavy atom. The molecule has 0 saturated heterocycles. The maximum Gasteiger partial charge on any atom is 0.271 e. The summed E-state index contributed by atoms with van der Waals surface area (Å²) in [5.74, 6) is -0.109. The number of nitrogens with one attached hydrogen (secondary N) is 1. The third-order valence-electron chi connectivity index (χ3n) is 3.38. The van der Waals surface area contributed by atoms with Crippen molar-refractivity contribution in [3.8, 4) is 11.4 Å². The minimum Gasteiger partial charge on any atom is -0.508 e. The molecule has 3 aromatic rings. The van der Waals surface area contributed by atoms with Crippen LogP contribution in [0.2, 0.25) is 5.02 Å². The molecular weight excluding hydrogens is 326 g/mol. The van der Waals surface area contributed by atoms with Crippen molar-refractivity contribution in [2.75, 3.05) is 0 Å². The third-order valence-corrected chi connectivity index (χ3v) is 3.63. The van der Waals surface area contributed by atoms with Gasteiger partial charge in [-0.2, -0.15) is 5.10 Å². The van der Waals surface area contributed by atoms with E-state index in [1.54, 1.807) is 54.7 Å². The van der Waals surface area contributed by atoms with Gasteiger partial charge in [0.05, 0.1) is 11.9 Å². The summed E-state index contributed by atoms with van der Waals surface area (Å²) in [6.45, 7) is 0. The van der Waals surface area contributed by atoms with E-state index in [0.717, 1.165) is 11.4 Å². The number of benzene rings is 2. The lowest BCUT2D eigenvalue weighted by Gasteiger charge is -2.06. The van der Waals surface area contributed by atoms with E-state index in [9.17, 15) is 9.90 Å². The second-order valence-corrected chi connectivity index (χ2v) is 5.46. The molecule has 2 aromatic carbocycles. The van der Waals surface area contributed by atoms with Crippen LogP contribution in [-0.4, -0.2) is 21.8 Å². The summed E-state index contributed by atoms with van der Waals surface area (Å²) in [6.07, 6.45) is 3.43. The largest absolute Gasteiger partial charge is 0.508 e. The summed E-state index contributed by atoms with van der Waals surface area (Å²) in [5, 5.41) is 13.9. The number of phenols is 1. The summed E-state index contributed by atoms with van der Waals surface area (Å²) in [5.41, 5.74) is 4.62. The van der Waals surface area contributed by atoms with E-state index in [0.29, 0.717) is 10.6 Å². The molecule has 1 aromatic heterocycles. The Bertz CT molecular complexity index is 868. The van der Waals surface area contributed by atoms with Crippen molar-refractivity contribution in [3.63, 3.8) is 0 Å². The van der Waals surface area contributed by atoms with E-state index in [1.165, 1.54) is 0 Å². The van der Waals surface area contributed by atoms with E-state index < -0.39 is 0 Å². The molecule has 2 N–H and O–H groups in total. The number of hydrazone groups is 1. The van der Waals surface area contributed by atoms with Crippen LogP contribution in [0.3, 0.4) is 0 Å². The van der Waals surface area contributed by atoms with Crippen molar-refractivity contribution in [1.29, 1.82) is 0 Å². The van der Waals surface area contributed by atoms with Crippen molar-refractivity contribution < 1.29 is 9.90 Å². The Hall–Kier alpha value is -3.05. The molecule has 0 bridgehead atoms. The third kappa shape index (κ3) is 3.64. The van der Waals surface area contributed by atoms with Gasteiger partial charge in [-0.1, -0.05) is 11.6 Å². The lowest BCUT2D eigenvalue weighted by Crippen LogP contribution is -2.17. The first kappa shape index (κ1) is 15.8. The maximum atomic E-state index is 12.0. The molecule has 0 aliphatic heterocycles. The van der Waals surface area contributed by atoms with Gasteiger partial charge in [-0.15, -0.1) is 0 Å². The van der Waals surface area contributed by atoms with Crippen molar-refractivity contribution in [3.05, 3.63) is 83.1 Å². The quantitative estimate of drug-likeness (QED) is 0.563. The number of hydrogen-bond donors (Lipinski definition) is 2. The zero-order valence-corrected chi connectivity index (χ0v) is 13.3. The highest BCUT2D eigenvalue weighted by Gasteiger charge is 2.04. The van der Waals surface area contributed by atoms with Crippen molar-refractivity contribution >= 4 is 23.7 Å². The average molecular weight is 340 g/mol. The normalized spacial score (nSPS) is 10.9. The van der Waals surface area contributed by atoms with Gasteiger partial charge < -0.3 is 9.67 Å². The van der Waals surface area contributed by atoms with Crippen LogP contribution in [0.5, 0.6) is 5.75 Å². The lowest BCUT2D eigenvalue weighted by molar-refractivity contribution is 0.0955. The molecule has 0 atom stereocenters. The van der Waals surface area contributed by atoms with E-state index in [2.05, 4.69) is 10.5 Å². The summed E-state index contributed by atoms with van der Waals surface area (Å²) in [7, 11) is 0. The fourth-order valence-electron chi connectivity index (χ4n) is 2.17. The van der Waals surface area contributed by atoms with E-state index in [1.807, 2.05) is 22.9 Å². The lowest BCUT2D eigenvalue weighted by atomic mass is 10.2. The maximum absolute atomic E-state index is 12.0. The number of aromatic nitrogens is 1. The highest BCUT2D eigenvalue weighted by molar-refractivity contribution is 6.30. The summed E-state index contributed by atoms with van der Waals surface area (Å²) in [6, 6.07) is 17.1. The van der Waals surface area contributed by atoms with E-state index in [4.69, 9.17) is 11.6 Å². The summed E-state index contributed by atoms with van der Waals surface area (Å²) < 4.78 is 1.89. The second-order valence-electron chi connectivity index (χ2n) is 5.03. The Balaban J connectivity index is 1.71. The Morgan fingerprint density at radius 1 is 1.08 bits per heavy atom. The minimum absolute atomic E-state index is 0.205. The molecule has 0 fully saturated rings. The Kier molecular flexibility index (Phi) is 4.63.